The molecule has 10 heteroatoms. The van der Waals surface area contributed by atoms with Crippen molar-refractivity contribution in [1.29, 1.82) is 0 Å². The first-order chi connectivity index (χ1) is 12.9. The maximum atomic E-state index is 12.4. The molecular weight excluding hydrogens is 374 g/mol. The summed E-state index contributed by atoms with van der Waals surface area (Å²) in [7, 11) is 0. The number of para-hydroxylation sites is 1. The van der Waals surface area contributed by atoms with Crippen LogP contribution in [0.4, 0.5) is 10.5 Å². The molecule has 1 heterocycles. The average molecular weight is 385 g/mol. The number of carbonyl (C=O) groups excluding carboxylic acids is 3. The topological polar surface area (TPSA) is 130 Å². The van der Waals surface area contributed by atoms with E-state index in [1.807, 2.05) is 0 Å². The molecule has 0 atom stereocenters. The highest BCUT2D eigenvalue weighted by Crippen LogP contribution is 2.31. The van der Waals surface area contributed by atoms with Crippen LogP contribution in [0.15, 0.2) is 53.4 Å². The van der Waals surface area contributed by atoms with Crippen molar-refractivity contribution >= 4 is 40.6 Å². The number of non-ortho nitro benzene ring substituents is 1. The number of benzene rings is 2. The fourth-order valence-corrected chi connectivity index (χ4v) is 3.02. The summed E-state index contributed by atoms with van der Waals surface area (Å²) in [6.07, 6.45) is 1.39. The van der Waals surface area contributed by atoms with Gasteiger partial charge in [0, 0.05) is 12.1 Å². The van der Waals surface area contributed by atoms with Crippen LogP contribution in [-0.4, -0.2) is 32.1 Å². The third kappa shape index (κ3) is 3.80. The van der Waals surface area contributed by atoms with E-state index < -0.39 is 22.0 Å². The number of hydrazine groups is 1. The maximum Gasteiger partial charge on any atom is 0.312 e. The number of thioether (sulfide) groups is 1. The highest BCUT2D eigenvalue weighted by atomic mass is 32.2. The molecule has 2 N–H and O–H groups in total. The Labute approximate surface area is 156 Å². The molecule has 1 saturated heterocycles. The van der Waals surface area contributed by atoms with E-state index in [0.29, 0.717) is 22.3 Å². The molecule has 0 unspecified atom stereocenters. The number of rotatable bonds is 4. The fourth-order valence-electron chi connectivity index (χ4n) is 2.24. The quantitative estimate of drug-likeness (QED) is 0.470. The highest BCUT2D eigenvalue weighted by molar-refractivity contribution is 8.18. The molecule has 9 nitrogen and oxygen atoms in total. The lowest BCUT2D eigenvalue weighted by Gasteiger charge is -2.14. The number of nitro groups is 1. The lowest BCUT2D eigenvalue weighted by Crippen LogP contribution is -2.44. The Balaban J connectivity index is 1.77. The number of carbonyl (C=O) groups is 3. The van der Waals surface area contributed by atoms with Crippen LogP contribution in [-0.2, 0) is 4.79 Å². The molecule has 2 aromatic rings. The number of hydrogen-bond donors (Lipinski definition) is 2. The SMILES string of the molecule is O=C(NN1C(=O)SC(=Cc2ccc([N+](=O)[O-])cc2)C1=O)c1ccccc1O. The Morgan fingerprint density at radius 2 is 1.81 bits per heavy atom. The number of nitro benzene ring substituents is 1. The molecule has 0 radical (unpaired) electrons. The van der Waals surface area contributed by atoms with Crippen LogP contribution in [0.5, 0.6) is 5.75 Å². The van der Waals surface area contributed by atoms with Gasteiger partial charge in [-0.3, -0.25) is 29.9 Å². The van der Waals surface area contributed by atoms with Gasteiger partial charge in [0.05, 0.1) is 15.4 Å². The Kier molecular flexibility index (Phi) is 4.90. The van der Waals surface area contributed by atoms with Gasteiger partial charge in [-0.05, 0) is 47.7 Å². The summed E-state index contributed by atoms with van der Waals surface area (Å²) in [6, 6.07) is 11.1. The summed E-state index contributed by atoms with van der Waals surface area (Å²) in [6.45, 7) is 0. The van der Waals surface area contributed by atoms with E-state index >= 15 is 0 Å². The van der Waals surface area contributed by atoms with Crippen molar-refractivity contribution in [2.45, 2.75) is 0 Å². The van der Waals surface area contributed by atoms with Gasteiger partial charge in [0.2, 0.25) is 0 Å². The number of nitrogens with zero attached hydrogens (tertiary/aromatic N) is 2. The molecule has 0 saturated carbocycles. The first-order valence-corrected chi connectivity index (χ1v) is 8.30. The molecular formula is C17H11N3O6S. The molecule has 0 aliphatic carbocycles. The van der Waals surface area contributed by atoms with Crippen LogP contribution in [0.3, 0.4) is 0 Å². The lowest BCUT2D eigenvalue weighted by molar-refractivity contribution is -0.384. The van der Waals surface area contributed by atoms with E-state index in [2.05, 4.69) is 5.43 Å². The van der Waals surface area contributed by atoms with Crippen LogP contribution in [0, 0.1) is 10.1 Å². The fraction of sp³-hybridized carbons (Fsp3) is 0. The lowest BCUT2D eigenvalue weighted by atomic mass is 10.2. The van der Waals surface area contributed by atoms with Gasteiger partial charge in [0.15, 0.2) is 0 Å². The first-order valence-electron chi connectivity index (χ1n) is 7.48. The van der Waals surface area contributed by atoms with E-state index in [0.717, 1.165) is 0 Å². The van der Waals surface area contributed by atoms with Crippen molar-refractivity contribution < 1.29 is 24.4 Å². The largest absolute Gasteiger partial charge is 0.507 e. The Morgan fingerprint density at radius 1 is 1.15 bits per heavy atom. The van der Waals surface area contributed by atoms with Crippen LogP contribution in [0.1, 0.15) is 15.9 Å². The van der Waals surface area contributed by atoms with E-state index in [1.165, 1.54) is 54.6 Å². The predicted octanol–water partition coefficient (Wildman–Crippen LogP) is 2.68. The third-order valence-corrected chi connectivity index (χ3v) is 4.43. The van der Waals surface area contributed by atoms with Crippen LogP contribution < -0.4 is 5.43 Å². The monoisotopic (exact) mass is 385 g/mol. The molecule has 0 bridgehead atoms. The summed E-state index contributed by atoms with van der Waals surface area (Å²) in [5.41, 5.74) is 2.46. The van der Waals surface area contributed by atoms with Gasteiger partial charge in [0.25, 0.3) is 17.5 Å². The molecule has 1 aliphatic heterocycles. The molecule has 1 aliphatic rings. The molecule has 136 valence electrons. The standard InChI is InChI=1S/C17H11N3O6S/c21-13-4-2-1-3-12(13)15(22)18-19-16(23)14(27-17(19)24)9-10-5-7-11(8-6-10)20(25)26/h1-9,21H,(H,18,22). The number of amides is 3. The average Bonchev–Trinajstić information content (AvgIpc) is 2.90. The van der Waals surface area contributed by atoms with Gasteiger partial charge in [-0.15, -0.1) is 0 Å². The Bertz CT molecular complexity index is 986. The zero-order chi connectivity index (χ0) is 19.6. The van der Waals surface area contributed by atoms with Crippen molar-refractivity contribution in [3.63, 3.8) is 0 Å². The van der Waals surface area contributed by atoms with Crippen LogP contribution in [0.2, 0.25) is 0 Å². The smallest absolute Gasteiger partial charge is 0.312 e. The number of phenolic OH excluding ortho intramolecular Hbond substituents is 1. The molecule has 1 fully saturated rings. The predicted molar refractivity (Wildman–Crippen MR) is 96.5 cm³/mol. The Hall–Kier alpha value is -3.66. The Morgan fingerprint density at radius 3 is 2.44 bits per heavy atom. The zero-order valence-corrected chi connectivity index (χ0v) is 14.3. The summed E-state index contributed by atoms with van der Waals surface area (Å²) in [5, 5.41) is 20.2. The number of aromatic hydroxyl groups is 1. The first kappa shape index (κ1) is 18.1. The summed E-state index contributed by atoms with van der Waals surface area (Å²) in [4.78, 5) is 46.7. The summed E-state index contributed by atoms with van der Waals surface area (Å²) < 4.78 is 0. The third-order valence-electron chi connectivity index (χ3n) is 3.56. The number of hydrogen-bond acceptors (Lipinski definition) is 7. The van der Waals surface area contributed by atoms with E-state index in [4.69, 9.17) is 0 Å². The van der Waals surface area contributed by atoms with Crippen molar-refractivity contribution in [1.82, 2.24) is 10.4 Å². The van der Waals surface area contributed by atoms with E-state index in [9.17, 15) is 29.6 Å². The summed E-state index contributed by atoms with van der Waals surface area (Å²) >= 11 is 0.616. The van der Waals surface area contributed by atoms with Gasteiger partial charge in [-0.2, -0.15) is 5.01 Å². The minimum Gasteiger partial charge on any atom is -0.507 e. The normalized spacial score (nSPS) is 15.3. The van der Waals surface area contributed by atoms with E-state index in [1.54, 1.807) is 0 Å². The van der Waals surface area contributed by atoms with Gasteiger partial charge >= 0.3 is 5.24 Å². The maximum absolute atomic E-state index is 12.4. The number of imide groups is 1. The van der Waals surface area contributed by atoms with Gasteiger partial charge in [-0.25, -0.2) is 0 Å². The summed E-state index contributed by atoms with van der Waals surface area (Å²) in [5.74, 6) is -1.84. The van der Waals surface area contributed by atoms with Crippen LogP contribution >= 0.6 is 11.8 Å². The van der Waals surface area contributed by atoms with Gasteiger partial charge < -0.3 is 5.11 Å². The van der Waals surface area contributed by atoms with Crippen LogP contribution in [0.25, 0.3) is 6.08 Å². The molecule has 0 spiro atoms. The zero-order valence-electron chi connectivity index (χ0n) is 13.5. The molecule has 2 aromatic carbocycles. The number of nitrogens with one attached hydrogen (secondary N) is 1. The molecule has 0 aromatic heterocycles. The molecule has 3 amide bonds. The minimum atomic E-state index is -0.813. The highest BCUT2D eigenvalue weighted by Gasteiger charge is 2.37. The second-order valence-electron chi connectivity index (χ2n) is 5.32. The number of phenols is 1. The second-order valence-corrected chi connectivity index (χ2v) is 6.32. The van der Waals surface area contributed by atoms with Gasteiger partial charge in [-0.1, -0.05) is 12.1 Å². The van der Waals surface area contributed by atoms with E-state index in [-0.39, 0.29) is 21.9 Å². The molecule has 27 heavy (non-hydrogen) atoms. The van der Waals surface area contributed by atoms with Gasteiger partial charge in [0.1, 0.15) is 5.75 Å². The van der Waals surface area contributed by atoms with Crippen molar-refractivity contribution in [3.8, 4) is 5.75 Å². The minimum absolute atomic E-state index is 0.0476. The molecule has 3 rings (SSSR count). The van der Waals surface area contributed by atoms with Crippen molar-refractivity contribution in [2.24, 2.45) is 0 Å². The second kappa shape index (κ2) is 7.30. The van der Waals surface area contributed by atoms with Crippen molar-refractivity contribution in [3.05, 3.63) is 74.7 Å². The van der Waals surface area contributed by atoms with Crippen molar-refractivity contribution in [2.75, 3.05) is 0 Å².